The van der Waals surface area contributed by atoms with Crippen LogP contribution in [0, 0.1) is 5.41 Å². The third kappa shape index (κ3) is 6.74. The summed E-state index contributed by atoms with van der Waals surface area (Å²) in [4.78, 5) is 28.9. The molecule has 1 aliphatic rings. The maximum Gasteiger partial charge on any atom is 0.407 e. The number of hydrogen-bond donors (Lipinski definition) is 2. The molecule has 0 heterocycles. The van der Waals surface area contributed by atoms with Gasteiger partial charge >= 0.3 is 12.1 Å². The van der Waals surface area contributed by atoms with E-state index in [4.69, 9.17) is 9.57 Å². The summed E-state index contributed by atoms with van der Waals surface area (Å²) in [7, 11) is 0. The Balaban J connectivity index is 1.71. The molecule has 25 heavy (non-hydrogen) atoms. The standard InChI is InChI=1S/C19H28N2O4/c1-19(2,3)17(22)25-21-16-11-7-10-15(12-16)20-18(23)24-13-14-8-5-4-6-9-14/h4-6,8-9,15-16,21H,7,10-13H2,1-3H3,(H,20,23)/t15-,16+/m0/s1. The molecule has 138 valence electrons. The molecule has 0 aliphatic heterocycles. The molecule has 0 saturated heterocycles. The fourth-order valence-electron chi connectivity index (χ4n) is 2.65. The Bertz CT molecular complexity index is 569. The Hall–Kier alpha value is -2.08. The highest BCUT2D eigenvalue weighted by Crippen LogP contribution is 2.20. The summed E-state index contributed by atoms with van der Waals surface area (Å²) < 4.78 is 5.25. The lowest BCUT2D eigenvalue weighted by Crippen LogP contribution is -2.45. The topological polar surface area (TPSA) is 76.7 Å². The molecular weight excluding hydrogens is 320 g/mol. The van der Waals surface area contributed by atoms with Crippen molar-refractivity contribution in [2.45, 2.75) is 65.1 Å². The van der Waals surface area contributed by atoms with Crippen molar-refractivity contribution in [1.82, 2.24) is 10.8 Å². The third-order valence-electron chi connectivity index (χ3n) is 4.14. The number of amides is 1. The van der Waals surface area contributed by atoms with Gasteiger partial charge in [-0.3, -0.25) is 0 Å². The van der Waals surface area contributed by atoms with Crippen LogP contribution < -0.4 is 10.8 Å². The monoisotopic (exact) mass is 348 g/mol. The van der Waals surface area contributed by atoms with Gasteiger partial charge in [-0.05, 0) is 52.0 Å². The zero-order valence-electron chi connectivity index (χ0n) is 15.2. The van der Waals surface area contributed by atoms with Crippen LogP contribution in [-0.4, -0.2) is 24.1 Å². The molecule has 1 amide bonds. The molecule has 2 atom stereocenters. The quantitative estimate of drug-likeness (QED) is 0.798. The number of hydrogen-bond acceptors (Lipinski definition) is 5. The van der Waals surface area contributed by atoms with E-state index >= 15 is 0 Å². The van der Waals surface area contributed by atoms with Crippen LogP contribution in [0.3, 0.4) is 0 Å². The Morgan fingerprint density at radius 2 is 1.80 bits per heavy atom. The molecule has 1 fully saturated rings. The van der Waals surface area contributed by atoms with Crippen LogP contribution in [0.15, 0.2) is 30.3 Å². The van der Waals surface area contributed by atoms with E-state index in [0.29, 0.717) is 6.42 Å². The molecule has 1 aliphatic carbocycles. The molecule has 0 radical (unpaired) electrons. The third-order valence-corrected chi connectivity index (χ3v) is 4.14. The van der Waals surface area contributed by atoms with Crippen LogP contribution in [0.1, 0.15) is 52.0 Å². The van der Waals surface area contributed by atoms with Crippen molar-refractivity contribution >= 4 is 12.1 Å². The fraction of sp³-hybridized carbons (Fsp3) is 0.579. The molecule has 6 nitrogen and oxygen atoms in total. The van der Waals surface area contributed by atoms with Crippen LogP contribution in [0.5, 0.6) is 0 Å². The molecule has 2 rings (SSSR count). The summed E-state index contributed by atoms with van der Waals surface area (Å²) in [5.74, 6) is -0.287. The van der Waals surface area contributed by atoms with Gasteiger partial charge in [-0.1, -0.05) is 30.3 Å². The predicted molar refractivity (Wildman–Crippen MR) is 94.5 cm³/mol. The smallest absolute Gasteiger partial charge is 0.407 e. The molecule has 1 aromatic rings. The second kappa shape index (κ2) is 8.85. The van der Waals surface area contributed by atoms with Crippen molar-refractivity contribution in [3.8, 4) is 0 Å². The van der Waals surface area contributed by atoms with Crippen molar-refractivity contribution < 1.29 is 19.2 Å². The van der Waals surface area contributed by atoms with Gasteiger partial charge in [0.05, 0.1) is 5.41 Å². The summed E-state index contributed by atoms with van der Waals surface area (Å²) in [6.07, 6.45) is 3.05. The van der Waals surface area contributed by atoms with Gasteiger partial charge in [0.15, 0.2) is 0 Å². The van der Waals surface area contributed by atoms with Crippen molar-refractivity contribution in [3.63, 3.8) is 0 Å². The predicted octanol–water partition coefficient (Wildman–Crippen LogP) is 3.32. The van der Waals surface area contributed by atoms with Crippen LogP contribution in [0.2, 0.25) is 0 Å². The molecule has 0 unspecified atom stereocenters. The van der Waals surface area contributed by atoms with E-state index in [-0.39, 0.29) is 24.7 Å². The Labute approximate surface area is 149 Å². The molecule has 0 spiro atoms. The molecule has 1 saturated carbocycles. The van der Waals surface area contributed by atoms with E-state index < -0.39 is 11.5 Å². The average Bonchev–Trinajstić information content (AvgIpc) is 2.58. The summed E-state index contributed by atoms with van der Waals surface area (Å²) in [6, 6.07) is 9.63. The first-order chi connectivity index (χ1) is 11.8. The SMILES string of the molecule is CC(C)(C)C(=O)ON[C@@H]1CCC[C@H](NC(=O)OCc2ccccc2)C1. The lowest BCUT2D eigenvalue weighted by atomic mass is 9.91. The highest BCUT2D eigenvalue weighted by Gasteiger charge is 2.27. The van der Waals surface area contributed by atoms with Gasteiger partial charge < -0.3 is 14.9 Å². The number of rotatable bonds is 5. The van der Waals surface area contributed by atoms with E-state index in [9.17, 15) is 9.59 Å². The highest BCUT2D eigenvalue weighted by molar-refractivity contribution is 5.75. The molecular formula is C19H28N2O4. The van der Waals surface area contributed by atoms with Crippen molar-refractivity contribution in [2.75, 3.05) is 0 Å². The van der Waals surface area contributed by atoms with Crippen LogP contribution >= 0.6 is 0 Å². The summed E-state index contributed by atoms with van der Waals surface area (Å²) in [5.41, 5.74) is 3.26. The maximum atomic E-state index is 11.9. The fourth-order valence-corrected chi connectivity index (χ4v) is 2.65. The van der Waals surface area contributed by atoms with Gasteiger partial charge in [0.25, 0.3) is 0 Å². The van der Waals surface area contributed by atoms with Gasteiger partial charge in [-0.2, -0.15) is 0 Å². The van der Waals surface area contributed by atoms with Gasteiger partial charge in [0.1, 0.15) is 6.61 Å². The zero-order valence-corrected chi connectivity index (χ0v) is 15.2. The maximum absolute atomic E-state index is 11.9. The van der Waals surface area contributed by atoms with Crippen LogP contribution in [0.4, 0.5) is 4.79 Å². The summed E-state index contributed by atoms with van der Waals surface area (Å²) in [5, 5.41) is 2.90. The summed E-state index contributed by atoms with van der Waals surface area (Å²) in [6.45, 7) is 5.69. The van der Waals surface area contributed by atoms with Gasteiger partial charge in [-0.15, -0.1) is 5.48 Å². The van der Waals surface area contributed by atoms with Gasteiger partial charge in [0, 0.05) is 12.1 Å². The first-order valence-electron chi connectivity index (χ1n) is 8.78. The molecule has 0 aromatic heterocycles. The average molecular weight is 348 g/mol. The minimum atomic E-state index is -0.541. The molecule has 6 heteroatoms. The first kappa shape index (κ1) is 19.2. The zero-order chi connectivity index (χ0) is 18.3. The molecule has 0 bridgehead atoms. The van der Waals surface area contributed by atoms with E-state index in [0.717, 1.165) is 24.8 Å². The Morgan fingerprint density at radius 1 is 1.12 bits per heavy atom. The van der Waals surface area contributed by atoms with E-state index in [1.165, 1.54) is 0 Å². The second-order valence-electron chi connectivity index (χ2n) is 7.52. The minimum absolute atomic E-state index is 0.0165. The van der Waals surface area contributed by atoms with Crippen molar-refractivity contribution in [1.29, 1.82) is 0 Å². The number of alkyl carbamates (subject to hydrolysis) is 1. The van der Waals surface area contributed by atoms with Crippen LogP contribution in [0.25, 0.3) is 0 Å². The van der Waals surface area contributed by atoms with Crippen molar-refractivity contribution in [2.24, 2.45) is 5.41 Å². The second-order valence-corrected chi connectivity index (χ2v) is 7.52. The Kier molecular flexibility index (Phi) is 6.82. The lowest BCUT2D eigenvalue weighted by molar-refractivity contribution is -0.163. The number of benzene rings is 1. The van der Waals surface area contributed by atoms with E-state index in [2.05, 4.69) is 10.8 Å². The number of nitrogens with one attached hydrogen (secondary N) is 2. The first-order valence-corrected chi connectivity index (χ1v) is 8.78. The number of hydroxylamine groups is 1. The number of carbonyl (C=O) groups excluding carboxylic acids is 2. The van der Waals surface area contributed by atoms with Crippen LogP contribution in [-0.2, 0) is 21.0 Å². The highest BCUT2D eigenvalue weighted by atomic mass is 16.7. The van der Waals surface area contributed by atoms with E-state index in [1.54, 1.807) is 0 Å². The normalized spacial score (nSPS) is 20.6. The Morgan fingerprint density at radius 3 is 2.48 bits per heavy atom. The van der Waals surface area contributed by atoms with E-state index in [1.807, 2.05) is 51.1 Å². The van der Waals surface area contributed by atoms with Gasteiger partial charge in [-0.25, -0.2) is 9.59 Å². The number of ether oxygens (including phenoxy) is 1. The number of carbonyl (C=O) groups is 2. The van der Waals surface area contributed by atoms with Gasteiger partial charge in [0.2, 0.25) is 0 Å². The molecule has 2 N–H and O–H groups in total. The summed E-state index contributed by atoms with van der Waals surface area (Å²) >= 11 is 0. The lowest BCUT2D eigenvalue weighted by Gasteiger charge is -2.30. The van der Waals surface area contributed by atoms with Crippen molar-refractivity contribution in [3.05, 3.63) is 35.9 Å². The minimum Gasteiger partial charge on any atom is -0.445 e. The largest absolute Gasteiger partial charge is 0.445 e. The molecule has 1 aromatic carbocycles.